The minimum absolute atomic E-state index is 0.125. The molecule has 2 aromatic rings. The van der Waals surface area contributed by atoms with Crippen LogP contribution in [0, 0.1) is 12.8 Å². The van der Waals surface area contributed by atoms with Crippen molar-refractivity contribution < 1.29 is 19.1 Å². The number of aryl methyl sites for hydroxylation is 1. The maximum absolute atomic E-state index is 12.4. The monoisotopic (exact) mass is 314 g/mol. The van der Waals surface area contributed by atoms with Crippen LogP contribution >= 0.6 is 0 Å². The minimum atomic E-state index is -0.800. The Kier molecular flexibility index (Phi) is 4.14. The number of aliphatic carboxylic acids is 1. The van der Waals surface area contributed by atoms with Gasteiger partial charge in [0.2, 0.25) is 5.89 Å². The molecular weight excluding hydrogens is 296 g/mol. The summed E-state index contributed by atoms with van der Waals surface area (Å²) >= 11 is 0. The topological polar surface area (TPSA) is 92.4 Å². The van der Waals surface area contributed by atoms with Crippen molar-refractivity contribution >= 4 is 11.9 Å². The van der Waals surface area contributed by atoms with E-state index in [4.69, 9.17) is 9.52 Å². The highest BCUT2D eigenvalue weighted by molar-refractivity contribution is 5.94. The quantitative estimate of drug-likeness (QED) is 0.905. The fourth-order valence-corrected chi connectivity index (χ4v) is 2.90. The van der Waals surface area contributed by atoms with E-state index in [9.17, 15) is 9.59 Å². The minimum Gasteiger partial charge on any atom is -0.481 e. The molecule has 1 saturated carbocycles. The normalized spacial score (nSPS) is 20.4. The van der Waals surface area contributed by atoms with Crippen LogP contribution in [0.25, 0.3) is 11.5 Å². The van der Waals surface area contributed by atoms with Crippen LogP contribution in [-0.2, 0) is 4.79 Å². The third-order valence-electron chi connectivity index (χ3n) is 4.15. The van der Waals surface area contributed by atoms with Crippen LogP contribution in [0.1, 0.15) is 35.5 Å². The van der Waals surface area contributed by atoms with Crippen LogP contribution in [0.2, 0.25) is 0 Å². The molecular formula is C17H18N2O4. The van der Waals surface area contributed by atoms with E-state index >= 15 is 0 Å². The van der Waals surface area contributed by atoms with Gasteiger partial charge in [0.25, 0.3) is 5.91 Å². The lowest BCUT2D eigenvalue weighted by Gasteiger charge is -2.11. The molecule has 1 amide bonds. The van der Waals surface area contributed by atoms with Gasteiger partial charge in [-0.3, -0.25) is 9.59 Å². The van der Waals surface area contributed by atoms with Gasteiger partial charge in [0.1, 0.15) is 5.76 Å². The number of nitrogens with zero attached hydrogens (tertiary/aromatic N) is 1. The molecule has 1 aromatic carbocycles. The van der Waals surface area contributed by atoms with E-state index < -0.39 is 5.97 Å². The molecule has 0 bridgehead atoms. The molecule has 0 saturated heterocycles. The first kappa shape index (κ1) is 15.3. The average Bonchev–Trinajstić information content (AvgIpc) is 3.15. The second-order valence-electron chi connectivity index (χ2n) is 5.81. The first-order chi connectivity index (χ1) is 11.0. The Morgan fingerprint density at radius 3 is 2.65 bits per heavy atom. The summed E-state index contributed by atoms with van der Waals surface area (Å²) in [6.45, 7) is 1.70. The molecule has 0 spiro atoms. The number of hydrogen-bond acceptors (Lipinski definition) is 4. The van der Waals surface area contributed by atoms with Gasteiger partial charge >= 0.3 is 5.97 Å². The predicted molar refractivity (Wildman–Crippen MR) is 82.9 cm³/mol. The second-order valence-corrected chi connectivity index (χ2v) is 5.81. The number of nitrogens with one attached hydrogen (secondary N) is 1. The van der Waals surface area contributed by atoms with E-state index in [2.05, 4.69) is 10.3 Å². The number of hydrogen-bond donors (Lipinski definition) is 2. The third kappa shape index (κ3) is 3.26. The number of carboxylic acid groups (broad SMARTS) is 1. The molecule has 6 heteroatoms. The fraction of sp³-hybridized carbons (Fsp3) is 0.353. The predicted octanol–water partition coefficient (Wildman–Crippen LogP) is 2.63. The highest BCUT2D eigenvalue weighted by Gasteiger charge is 2.31. The van der Waals surface area contributed by atoms with Gasteiger partial charge in [0.15, 0.2) is 5.69 Å². The van der Waals surface area contributed by atoms with Crippen molar-refractivity contribution in [2.45, 2.75) is 32.2 Å². The van der Waals surface area contributed by atoms with E-state index in [0.29, 0.717) is 30.9 Å². The molecule has 0 radical (unpaired) electrons. The van der Waals surface area contributed by atoms with Crippen LogP contribution in [-0.4, -0.2) is 28.0 Å². The first-order valence-electron chi connectivity index (χ1n) is 7.61. The zero-order valence-electron chi connectivity index (χ0n) is 12.8. The SMILES string of the molecule is Cc1oc(-c2ccccc2)nc1C(=O)N[C@H]1CC[C@@H](C(=O)O)C1. The number of carbonyl (C=O) groups is 2. The highest BCUT2D eigenvalue weighted by atomic mass is 16.4. The number of rotatable bonds is 4. The average molecular weight is 314 g/mol. The van der Waals surface area contributed by atoms with Gasteiger partial charge in [-0.2, -0.15) is 0 Å². The van der Waals surface area contributed by atoms with Crippen LogP contribution in [0.15, 0.2) is 34.7 Å². The van der Waals surface area contributed by atoms with Crippen molar-refractivity contribution in [2.75, 3.05) is 0 Å². The van der Waals surface area contributed by atoms with E-state index in [1.165, 1.54) is 0 Å². The molecule has 2 atom stereocenters. The Labute approximate surface area is 133 Å². The maximum atomic E-state index is 12.4. The molecule has 23 heavy (non-hydrogen) atoms. The number of carboxylic acids is 1. The van der Waals surface area contributed by atoms with Crippen LogP contribution in [0.4, 0.5) is 0 Å². The van der Waals surface area contributed by atoms with Gasteiger partial charge in [-0.15, -0.1) is 0 Å². The molecule has 6 nitrogen and oxygen atoms in total. The molecule has 120 valence electrons. The Hall–Kier alpha value is -2.63. The Morgan fingerprint density at radius 2 is 2.00 bits per heavy atom. The number of carbonyl (C=O) groups excluding carboxylic acids is 1. The zero-order chi connectivity index (χ0) is 16.4. The highest BCUT2D eigenvalue weighted by Crippen LogP contribution is 2.26. The Bertz CT molecular complexity index is 723. The first-order valence-corrected chi connectivity index (χ1v) is 7.61. The molecule has 0 aliphatic heterocycles. The van der Waals surface area contributed by atoms with Crippen LogP contribution in [0.3, 0.4) is 0 Å². The summed E-state index contributed by atoms with van der Waals surface area (Å²) in [6.07, 6.45) is 1.72. The molecule has 1 aliphatic rings. The summed E-state index contributed by atoms with van der Waals surface area (Å²) in [6, 6.07) is 9.24. The van der Waals surface area contributed by atoms with Crippen molar-refractivity contribution in [1.29, 1.82) is 0 Å². The van der Waals surface area contributed by atoms with Crippen molar-refractivity contribution in [2.24, 2.45) is 5.92 Å². The van der Waals surface area contributed by atoms with E-state index in [-0.39, 0.29) is 23.6 Å². The molecule has 1 aliphatic carbocycles. The molecule has 3 rings (SSSR count). The largest absolute Gasteiger partial charge is 0.481 e. The number of oxazole rings is 1. The van der Waals surface area contributed by atoms with Gasteiger partial charge in [-0.05, 0) is 38.3 Å². The summed E-state index contributed by atoms with van der Waals surface area (Å²) in [4.78, 5) is 27.6. The van der Waals surface area contributed by atoms with E-state index in [1.54, 1.807) is 6.92 Å². The lowest BCUT2D eigenvalue weighted by atomic mass is 10.1. The second kappa shape index (κ2) is 6.24. The van der Waals surface area contributed by atoms with E-state index in [1.807, 2.05) is 30.3 Å². The maximum Gasteiger partial charge on any atom is 0.306 e. The smallest absolute Gasteiger partial charge is 0.306 e. The van der Waals surface area contributed by atoms with Gasteiger partial charge in [0, 0.05) is 11.6 Å². The van der Waals surface area contributed by atoms with Gasteiger partial charge in [-0.25, -0.2) is 4.98 Å². The molecule has 2 N–H and O–H groups in total. The van der Waals surface area contributed by atoms with Crippen molar-refractivity contribution in [3.63, 3.8) is 0 Å². The van der Waals surface area contributed by atoms with Gasteiger partial charge in [0.05, 0.1) is 5.92 Å². The summed E-state index contributed by atoms with van der Waals surface area (Å²) in [7, 11) is 0. The summed E-state index contributed by atoms with van der Waals surface area (Å²) in [5.41, 5.74) is 1.06. The lowest BCUT2D eigenvalue weighted by molar-refractivity contribution is -0.141. The van der Waals surface area contributed by atoms with Gasteiger partial charge in [-0.1, -0.05) is 18.2 Å². The number of benzene rings is 1. The van der Waals surface area contributed by atoms with E-state index in [0.717, 1.165) is 5.56 Å². The summed E-state index contributed by atoms with van der Waals surface area (Å²) in [5, 5.41) is 11.9. The standard InChI is InChI=1S/C17H18N2O4/c1-10-14(19-16(23-10)11-5-3-2-4-6-11)15(20)18-13-8-7-12(9-13)17(21)22/h2-6,12-13H,7-9H2,1H3,(H,18,20)(H,21,22)/t12-,13+/m1/s1. The molecule has 1 fully saturated rings. The lowest BCUT2D eigenvalue weighted by Crippen LogP contribution is -2.33. The van der Waals surface area contributed by atoms with Crippen LogP contribution in [0.5, 0.6) is 0 Å². The third-order valence-corrected chi connectivity index (χ3v) is 4.15. The fourth-order valence-electron chi connectivity index (χ4n) is 2.90. The molecule has 1 heterocycles. The molecule has 0 unspecified atom stereocenters. The van der Waals surface area contributed by atoms with Crippen molar-refractivity contribution in [3.8, 4) is 11.5 Å². The number of aromatic nitrogens is 1. The summed E-state index contributed by atoms with van der Waals surface area (Å²) < 4.78 is 5.58. The summed E-state index contributed by atoms with van der Waals surface area (Å²) in [5.74, 6) is -0.633. The van der Waals surface area contributed by atoms with Gasteiger partial charge < -0.3 is 14.8 Å². The van der Waals surface area contributed by atoms with Crippen molar-refractivity contribution in [1.82, 2.24) is 10.3 Å². The molecule has 1 aromatic heterocycles. The zero-order valence-corrected chi connectivity index (χ0v) is 12.8. The Balaban J connectivity index is 1.71. The van der Waals surface area contributed by atoms with Crippen molar-refractivity contribution in [3.05, 3.63) is 41.8 Å². The number of amides is 1. The van der Waals surface area contributed by atoms with Crippen LogP contribution < -0.4 is 5.32 Å². The Morgan fingerprint density at radius 1 is 1.26 bits per heavy atom.